The fraction of sp³-hybridized carbons (Fsp3) is 0.385. The molecule has 0 bridgehead atoms. The molecule has 90 valence electrons. The van der Waals surface area contributed by atoms with Crippen molar-refractivity contribution in [2.24, 2.45) is 10.7 Å². The van der Waals surface area contributed by atoms with E-state index in [0.717, 1.165) is 22.3 Å². The summed E-state index contributed by atoms with van der Waals surface area (Å²) in [5.41, 5.74) is 8.45. The van der Waals surface area contributed by atoms with Gasteiger partial charge >= 0.3 is 0 Å². The molecule has 4 nitrogen and oxygen atoms in total. The van der Waals surface area contributed by atoms with Crippen LogP contribution in [0.2, 0.25) is 0 Å². The van der Waals surface area contributed by atoms with E-state index in [0.29, 0.717) is 0 Å². The van der Waals surface area contributed by atoms with Gasteiger partial charge in [0.15, 0.2) is 0 Å². The molecule has 1 aromatic carbocycles. The van der Waals surface area contributed by atoms with Crippen LogP contribution in [-0.2, 0) is 15.1 Å². The highest BCUT2D eigenvalue weighted by Gasteiger charge is 2.45. The molecule has 0 spiro atoms. The molecule has 1 amide bonds. The lowest BCUT2D eigenvalue weighted by Crippen LogP contribution is -2.33. The monoisotopic (exact) mass is 232 g/mol. The number of carbonyl (C=O) groups is 1. The van der Waals surface area contributed by atoms with Crippen LogP contribution in [0.15, 0.2) is 17.1 Å². The third kappa shape index (κ3) is 1.69. The van der Waals surface area contributed by atoms with Gasteiger partial charge in [-0.05, 0) is 38.8 Å². The molecular formula is C13H16N2O2. The van der Waals surface area contributed by atoms with Gasteiger partial charge in [-0.3, -0.25) is 4.79 Å². The van der Waals surface area contributed by atoms with Crippen molar-refractivity contribution in [3.63, 3.8) is 0 Å². The highest BCUT2D eigenvalue weighted by atomic mass is 16.5. The second kappa shape index (κ2) is 3.58. The van der Waals surface area contributed by atoms with E-state index in [1.807, 2.05) is 32.9 Å². The fourth-order valence-corrected chi connectivity index (χ4v) is 2.57. The summed E-state index contributed by atoms with van der Waals surface area (Å²) in [5.74, 6) is -0.343. The Kier molecular flexibility index (Phi) is 2.45. The summed E-state index contributed by atoms with van der Waals surface area (Å²) in [4.78, 5) is 15.6. The van der Waals surface area contributed by atoms with Crippen molar-refractivity contribution in [2.45, 2.75) is 33.3 Å². The van der Waals surface area contributed by atoms with Gasteiger partial charge in [0, 0.05) is 5.56 Å². The van der Waals surface area contributed by atoms with Crippen molar-refractivity contribution in [1.29, 1.82) is 0 Å². The number of ether oxygens (including phenoxy) is 1. The third-order valence-corrected chi connectivity index (χ3v) is 3.08. The first-order chi connectivity index (χ1) is 7.84. The summed E-state index contributed by atoms with van der Waals surface area (Å²) in [6.07, 6.45) is 0. The van der Waals surface area contributed by atoms with E-state index in [1.54, 1.807) is 6.92 Å². The lowest BCUT2D eigenvalue weighted by molar-refractivity contribution is -0.130. The van der Waals surface area contributed by atoms with Gasteiger partial charge in [-0.15, -0.1) is 0 Å². The predicted octanol–water partition coefficient (Wildman–Crippen LogP) is 1.70. The topological polar surface area (TPSA) is 64.7 Å². The average Bonchev–Trinajstić information content (AvgIpc) is 2.38. The Morgan fingerprint density at radius 3 is 2.18 bits per heavy atom. The second-order valence-electron chi connectivity index (χ2n) is 4.66. The van der Waals surface area contributed by atoms with Crippen molar-refractivity contribution in [2.75, 3.05) is 0 Å². The van der Waals surface area contributed by atoms with E-state index in [1.165, 1.54) is 0 Å². The summed E-state index contributed by atoms with van der Waals surface area (Å²) in [6, 6.07) is 3.99. The Balaban J connectivity index is 2.60. The zero-order valence-electron chi connectivity index (χ0n) is 10.5. The first-order valence-corrected chi connectivity index (χ1v) is 5.50. The van der Waals surface area contributed by atoms with Crippen molar-refractivity contribution < 1.29 is 9.53 Å². The van der Waals surface area contributed by atoms with E-state index >= 15 is 0 Å². The molecule has 1 aliphatic heterocycles. The Hall–Kier alpha value is -1.84. The number of nitrogens with zero attached hydrogens (tertiary/aromatic N) is 1. The van der Waals surface area contributed by atoms with Crippen molar-refractivity contribution in [3.05, 3.63) is 34.4 Å². The van der Waals surface area contributed by atoms with Crippen LogP contribution in [0.5, 0.6) is 0 Å². The maximum Gasteiger partial charge on any atom is 0.298 e. The zero-order chi connectivity index (χ0) is 12.8. The Morgan fingerprint density at radius 2 is 1.76 bits per heavy atom. The molecule has 1 atom stereocenters. The largest absolute Gasteiger partial charge is 0.444 e. The minimum Gasteiger partial charge on any atom is -0.444 e. The van der Waals surface area contributed by atoms with Crippen LogP contribution >= 0.6 is 0 Å². The quantitative estimate of drug-likeness (QED) is 0.801. The molecule has 0 fully saturated rings. The van der Waals surface area contributed by atoms with Crippen LogP contribution in [-0.4, -0.2) is 11.9 Å². The SMILES string of the molecule is Cc1cc(C)c(C2(C)OC(N)=NC2=O)c(C)c1. The van der Waals surface area contributed by atoms with Gasteiger partial charge in [0.25, 0.3) is 11.9 Å². The Bertz CT molecular complexity index is 511. The lowest BCUT2D eigenvalue weighted by atomic mass is 9.86. The molecule has 1 unspecified atom stereocenters. The van der Waals surface area contributed by atoms with Gasteiger partial charge in [0.2, 0.25) is 5.60 Å². The molecule has 2 N–H and O–H groups in total. The van der Waals surface area contributed by atoms with E-state index in [9.17, 15) is 4.79 Å². The minimum atomic E-state index is -1.08. The molecule has 1 aromatic rings. The summed E-state index contributed by atoms with van der Waals surface area (Å²) >= 11 is 0. The normalized spacial score (nSPS) is 23.5. The van der Waals surface area contributed by atoms with Crippen LogP contribution in [0.25, 0.3) is 0 Å². The smallest absolute Gasteiger partial charge is 0.298 e. The molecule has 4 heteroatoms. The maximum absolute atomic E-state index is 11.9. The summed E-state index contributed by atoms with van der Waals surface area (Å²) in [6.45, 7) is 7.66. The number of aliphatic imine (C=N–C) groups is 1. The molecule has 0 radical (unpaired) electrons. The van der Waals surface area contributed by atoms with Gasteiger partial charge < -0.3 is 10.5 Å². The summed E-state index contributed by atoms with van der Waals surface area (Å²) < 4.78 is 5.43. The number of benzene rings is 1. The molecule has 1 heterocycles. The number of amides is 1. The van der Waals surface area contributed by atoms with Crippen molar-refractivity contribution in [3.8, 4) is 0 Å². The first-order valence-electron chi connectivity index (χ1n) is 5.50. The molecule has 2 rings (SSSR count). The highest BCUT2D eigenvalue weighted by Crippen LogP contribution is 2.35. The van der Waals surface area contributed by atoms with Crippen molar-refractivity contribution in [1.82, 2.24) is 0 Å². The number of aryl methyl sites for hydroxylation is 3. The van der Waals surface area contributed by atoms with Crippen LogP contribution in [0.3, 0.4) is 0 Å². The standard InChI is InChI=1S/C13H16N2O2/c1-7-5-8(2)10(9(3)6-7)13(4)11(16)15-12(14)17-13/h5-6H,1-4H3,(H2,14,15,16). The molecule has 1 aliphatic rings. The van der Waals surface area contributed by atoms with E-state index in [4.69, 9.17) is 10.5 Å². The molecule has 0 saturated carbocycles. The van der Waals surface area contributed by atoms with Crippen LogP contribution in [0.1, 0.15) is 29.2 Å². The van der Waals surface area contributed by atoms with Gasteiger partial charge in [-0.1, -0.05) is 17.7 Å². The third-order valence-electron chi connectivity index (χ3n) is 3.08. The average molecular weight is 232 g/mol. The predicted molar refractivity (Wildman–Crippen MR) is 65.7 cm³/mol. The van der Waals surface area contributed by atoms with E-state index in [2.05, 4.69) is 4.99 Å². The Morgan fingerprint density at radius 1 is 1.24 bits per heavy atom. The number of nitrogens with two attached hydrogens (primary N) is 1. The maximum atomic E-state index is 11.9. The summed E-state index contributed by atoms with van der Waals surface area (Å²) in [5, 5.41) is 0. The van der Waals surface area contributed by atoms with E-state index < -0.39 is 5.60 Å². The first kappa shape index (κ1) is 11.6. The number of amidine groups is 1. The second-order valence-corrected chi connectivity index (χ2v) is 4.66. The van der Waals surface area contributed by atoms with E-state index in [-0.39, 0.29) is 11.9 Å². The lowest BCUT2D eigenvalue weighted by Gasteiger charge is -2.25. The highest BCUT2D eigenvalue weighted by molar-refractivity contribution is 6.01. The van der Waals surface area contributed by atoms with Gasteiger partial charge in [0.05, 0.1) is 0 Å². The number of rotatable bonds is 1. The fourth-order valence-electron chi connectivity index (χ4n) is 2.57. The summed E-state index contributed by atoms with van der Waals surface area (Å²) in [7, 11) is 0. The van der Waals surface area contributed by atoms with Crippen LogP contribution in [0.4, 0.5) is 0 Å². The van der Waals surface area contributed by atoms with Gasteiger partial charge in [-0.25, -0.2) is 0 Å². The molecule has 17 heavy (non-hydrogen) atoms. The van der Waals surface area contributed by atoms with Gasteiger partial charge in [0.1, 0.15) is 0 Å². The van der Waals surface area contributed by atoms with Crippen LogP contribution < -0.4 is 5.73 Å². The van der Waals surface area contributed by atoms with Crippen molar-refractivity contribution >= 4 is 11.9 Å². The molecule has 0 saturated heterocycles. The number of hydrogen-bond acceptors (Lipinski definition) is 3. The van der Waals surface area contributed by atoms with Crippen LogP contribution in [0, 0.1) is 20.8 Å². The zero-order valence-corrected chi connectivity index (χ0v) is 10.5. The van der Waals surface area contributed by atoms with Gasteiger partial charge in [-0.2, -0.15) is 4.99 Å². The molecular weight excluding hydrogens is 216 g/mol. The number of hydrogen-bond donors (Lipinski definition) is 1. The number of carbonyl (C=O) groups excluding carboxylic acids is 1. The Labute approximate surface area is 100 Å². The molecule has 0 aromatic heterocycles. The minimum absolute atomic E-state index is 0.0584. The molecule has 0 aliphatic carbocycles.